The zero-order valence-corrected chi connectivity index (χ0v) is 23.8. The van der Waals surface area contributed by atoms with Crippen molar-refractivity contribution in [3.63, 3.8) is 0 Å². The second-order valence-corrected chi connectivity index (χ2v) is 12.5. The van der Waals surface area contributed by atoms with Crippen molar-refractivity contribution in [2.24, 2.45) is 5.41 Å². The van der Waals surface area contributed by atoms with Crippen LogP contribution < -0.4 is 10.6 Å². The molecule has 200 valence electrons. The van der Waals surface area contributed by atoms with Crippen LogP contribution >= 0.6 is 22.6 Å². The number of nitrogens with zero attached hydrogens (tertiary/aromatic N) is 2. The average Bonchev–Trinajstić information content (AvgIpc) is 3.41. The molecule has 1 aliphatic carbocycles. The van der Waals surface area contributed by atoms with Gasteiger partial charge in [-0.05, 0) is 95.3 Å². The van der Waals surface area contributed by atoms with Crippen LogP contribution in [-0.4, -0.2) is 34.2 Å². The van der Waals surface area contributed by atoms with Gasteiger partial charge in [-0.3, -0.25) is 14.4 Å². The highest BCUT2D eigenvalue weighted by molar-refractivity contribution is 14.1. The molecule has 3 amide bonds. The monoisotopic (exact) mass is 638 g/mol. The number of carbonyl (C=O) groups is 3. The zero-order chi connectivity index (χ0) is 27.5. The minimum absolute atomic E-state index is 0.0503. The van der Waals surface area contributed by atoms with Crippen molar-refractivity contribution in [1.82, 2.24) is 9.88 Å². The number of hydrogen-bond acceptors (Lipinski definition) is 4. The predicted octanol–water partition coefficient (Wildman–Crippen LogP) is 5.14. The van der Waals surface area contributed by atoms with Crippen LogP contribution in [0.2, 0.25) is 0 Å². The van der Waals surface area contributed by atoms with Gasteiger partial charge in [-0.25, -0.2) is 9.37 Å². The summed E-state index contributed by atoms with van der Waals surface area (Å²) in [5.74, 6) is -0.138. The number of halogens is 2. The number of piperidine rings is 1. The van der Waals surface area contributed by atoms with E-state index in [-0.39, 0.29) is 36.1 Å². The number of aromatic nitrogens is 1. The molecule has 1 saturated heterocycles. The Morgan fingerprint density at radius 3 is 2.74 bits per heavy atom. The van der Waals surface area contributed by atoms with Gasteiger partial charge in [-0.2, -0.15) is 0 Å². The molecule has 39 heavy (non-hydrogen) atoms. The van der Waals surface area contributed by atoms with Gasteiger partial charge in [0.15, 0.2) is 0 Å². The quantitative estimate of drug-likeness (QED) is 0.388. The molecule has 2 aliphatic heterocycles. The molecule has 0 saturated carbocycles. The summed E-state index contributed by atoms with van der Waals surface area (Å²) >= 11 is 1.95. The third-order valence-corrected chi connectivity index (χ3v) is 9.19. The number of rotatable bonds is 4. The van der Waals surface area contributed by atoms with Crippen LogP contribution in [0.4, 0.5) is 15.9 Å². The second kappa shape index (κ2) is 9.39. The van der Waals surface area contributed by atoms with Gasteiger partial charge in [-0.15, -0.1) is 0 Å². The van der Waals surface area contributed by atoms with Gasteiger partial charge in [0, 0.05) is 26.4 Å². The molecule has 2 unspecified atom stereocenters. The Balaban J connectivity index is 1.21. The van der Waals surface area contributed by atoms with Crippen LogP contribution in [0.5, 0.6) is 0 Å². The Kier molecular flexibility index (Phi) is 6.24. The topological polar surface area (TPSA) is 91.4 Å². The molecule has 3 heterocycles. The van der Waals surface area contributed by atoms with Crippen molar-refractivity contribution in [3.8, 4) is 0 Å². The van der Waals surface area contributed by atoms with Crippen molar-refractivity contribution in [2.45, 2.75) is 51.0 Å². The van der Waals surface area contributed by atoms with Gasteiger partial charge in [0.05, 0.1) is 11.5 Å². The standard InChI is InChI=1S/C30H28FIN4O3/c1-29(2)10-9-24(17-6-8-22(31)23(32)13-17)36(28(29)39)16-25(37)34-20-7-5-18-14-30(15-19(18)12-20)21-4-3-11-33-26(21)35-27(30)38/h3-8,11-13,24H,9-10,14-16H2,1-2H3,(H,34,37)(H,33,35,38). The number of anilines is 2. The van der Waals surface area contributed by atoms with Crippen LogP contribution in [-0.2, 0) is 32.6 Å². The SMILES string of the molecule is CC1(C)CCC(c2ccc(F)c(I)c2)N(CC(=O)Nc2ccc3c(c2)CC2(C3)C(=O)Nc3ncccc32)C1=O. The first-order valence-electron chi connectivity index (χ1n) is 13.0. The Labute approximate surface area is 239 Å². The zero-order valence-electron chi connectivity index (χ0n) is 21.7. The molecular weight excluding hydrogens is 610 g/mol. The highest BCUT2D eigenvalue weighted by Gasteiger charge is 2.51. The van der Waals surface area contributed by atoms with E-state index in [2.05, 4.69) is 15.6 Å². The molecule has 1 spiro atoms. The van der Waals surface area contributed by atoms with E-state index in [0.717, 1.165) is 22.3 Å². The minimum atomic E-state index is -0.680. The smallest absolute Gasteiger partial charge is 0.244 e. The van der Waals surface area contributed by atoms with E-state index in [9.17, 15) is 18.8 Å². The van der Waals surface area contributed by atoms with E-state index in [0.29, 0.717) is 40.8 Å². The third kappa shape index (κ3) is 4.40. The van der Waals surface area contributed by atoms with Crippen molar-refractivity contribution in [3.05, 3.63) is 86.4 Å². The molecule has 1 aromatic heterocycles. The number of fused-ring (bicyclic) bond motifs is 3. The molecule has 2 atom stereocenters. The third-order valence-electron chi connectivity index (χ3n) is 8.37. The number of likely N-dealkylation sites (tertiary alicyclic amines) is 1. The summed E-state index contributed by atoms with van der Waals surface area (Å²) < 4.78 is 14.4. The van der Waals surface area contributed by atoms with Crippen molar-refractivity contribution < 1.29 is 18.8 Å². The molecule has 3 aliphatic rings. The Hall–Kier alpha value is -3.34. The largest absolute Gasteiger partial charge is 0.326 e. The summed E-state index contributed by atoms with van der Waals surface area (Å²) in [5.41, 5.74) is 3.16. The van der Waals surface area contributed by atoms with Crippen LogP contribution in [0.25, 0.3) is 0 Å². The first-order valence-corrected chi connectivity index (χ1v) is 14.1. The maximum atomic E-state index is 13.9. The van der Waals surface area contributed by atoms with Crippen molar-refractivity contribution in [1.29, 1.82) is 0 Å². The maximum absolute atomic E-state index is 13.9. The average molecular weight is 638 g/mol. The van der Waals surface area contributed by atoms with E-state index in [1.807, 2.05) is 66.8 Å². The molecule has 0 bridgehead atoms. The van der Waals surface area contributed by atoms with Gasteiger partial charge in [-0.1, -0.05) is 32.0 Å². The summed E-state index contributed by atoms with van der Waals surface area (Å²) in [4.78, 5) is 45.6. The van der Waals surface area contributed by atoms with Crippen LogP contribution in [0, 0.1) is 14.8 Å². The van der Waals surface area contributed by atoms with Gasteiger partial charge in [0.2, 0.25) is 17.7 Å². The first-order chi connectivity index (χ1) is 18.6. The lowest BCUT2D eigenvalue weighted by Gasteiger charge is -2.43. The summed E-state index contributed by atoms with van der Waals surface area (Å²) in [6.45, 7) is 3.69. The highest BCUT2D eigenvalue weighted by atomic mass is 127. The second-order valence-electron chi connectivity index (χ2n) is 11.4. The molecule has 2 aromatic carbocycles. The van der Waals surface area contributed by atoms with E-state index in [4.69, 9.17) is 0 Å². The maximum Gasteiger partial charge on any atom is 0.244 e. The number of hydrogen-bond donors (Lipinski definition) is 2. The van der Waals surface area contributed by atoms with Crippen molar-refractivity contribution in [2.75, 3.05) is 17.2 Å². The Bertz CT molecular complexity index is 1540. The fourth-order valence-electron chi connectivity index (χ4n) is 6.24. The number of pyridine rings is 1. The molecule has 7 nitrogen and oxygen atoms in total. The van der Waals surface area contributed by atoms with E-state index in [1.165, 1.54) is 6.07 Å². The normalized spacial score (nSPS) is 23.0. The molecule has 0 radical (unpaired) electrons. The summed E-state index contributed by atoms with van der Waals surface area (Å²) in [7, 11) is 0. The lowest BCUT2D eigenvalue weighted by molar-refractivity contribution is -0.150. The minimum Gasteiger partial charge on any atom is -0.326 e. The van der Waals surface area contributed by atoms with E-state index >= 15 is 0 Å². The summed E-state index contributed by atoms with van der Waals surface area (Å²) in [6.07, 6.45) is 4.15. The fraction of sp³-hybridized carbons (Fsp3) is 0.333. The van der Waals surface area contributed by atoms with Crippen LogP contribution in [0.15, 0.2) is 54.7 Å². The lowest BCUT2D eigenvalue weighted by atomic mass is 9.78. The molecule has 2 N–H and O–H groups in total. The van der Waals surface area contributed by atoms with Crippen molar-refractivity contribution >= 4 is 51.8 Å². The molecule has 9 heteroatoms. The molecule has 3 aromatic rings. The number of amides is 3. The van der Waals surface area contributed by atoms with E-state index in [1.54, 1.807) is 23.2 Å². The number of nitrogens with one attached hydrogen (secondary N) is 2. The number of benzene rings is 2. The summed E-state index contributed by atoms with van der Waals surface area (Å²) in [6, 6.07) is 14.1. The first kappa shape index (κ1) is 25.9. The summed E-state index contributed by atoms with van der Waals surface area (Å²) in [5, 5.41) is 5.88. The van der Waals surface area contributed by atoms with Gasteiger partial charge < -0.3 is 15.5 Å². The lowest BCUT2D eigenvalue weighted by Crippen LogP contribution is -2.50. The molecular formula is C30H28FIN4O3. The molecule has 1 fully saturated rings. The highest BCUT2D eigenvalue weighted by Crippen LogP contribution is 2.47. The van der Waals surface area contributed by atoms with Gasteiger partial charge >= 0.3 is 0 Å². The Morgan fingerprint density at radius 1 is 1.15 bits per heavy atom. The van der Waals surface area contributed by atoms with Gasteiger partial charge in [0.25, 0.3) is 0 Å². The van der Waals surface area contributed by atoms with Crippen LogP contribution in [0.3, 0.4) is 0 Å². The number of carbonyl (C=O) groups excluding carboxylic acids is 3. The van der Waals surface area contributed by atoms with Crippen LogP contribution in [0.1, 0.15) is 55.0 Å². The fourth-order valence-corrected chi connectivity index (χ4v) is 6.78. The van der Waals surface area contributed by atoms with E-state index < -0.39 is 10.8 Å². The van der Waals surface area contributed by atoms with Gasteiger partial charge in [0.1, 0.15) is 18.2 Å². The predicted molar refractivity (Wildman–Crippen MR) is 154 cm³/mol. The molecule has 6 rings (SSSR count). The Morgan fingerprint density at radius 2 is 1.95 bits per heavy atom.